The molecule has 0 aliphatic rings. The normalized spacial score (nSPS) is 11.3. The van der Waals surface area contributed by atoms with Crippen LogP contribution in [0.5, 0.6) is 11.5 Å². The van der Waals surface area contributed by atoms with Gasteiger partial charge < -0.3 is 9.30 Å². The van der Waals surface area contributed by atoms with Crippen molar-refractivity contribution >= 4 is 32.6 Å². The Morgan fingerprint density at radius 3 is 1.83 bits per heavy atom. The van der Waals surface area contributed by atoms with E-state index in [2.05, 4.69) is 150 Å². The maximum atomic E-state index is 6.74. The summed E-state index contributed by atoms with van der Waals surface area (Å²) >= 11 is 0. The minimum absolute atomic E-state index is 0.794. The number of hydrogen-bond acceptors (Lipinski definition) is 2. The van der Waals surface area contributed by atoms with Crippen molar-refractivity contribution in [2.45, 2.75) is 0 Å². The molecule has 0 aliphatic heterocycles. The van der Waals surface area contributed by atoms with Crippen LogP contribution >= 0.6 is 0 Å². The zero-order valence-corrected chi connectivity index (χ0v) is 26.1. The first-order valence-electron chi connectivity index (χ1n) is 16.2. The molecule has 2 heterocycles. The van der Waals surface area contributed by atoms with E-state index in [9.17, 15) is 0 Å². The van der Waals surface area contributed by atoms with Gasteiger partial charge in [0.1, 0.15) is 11.5 Å². The Bertz CT molecular complexity index is 2500. The van der Waals surface area contributed by atoms with E-state index in [0.29, 0.717) is 0 Å². The number of para-hydroxylation sites is 2. The number of ether oxygens (including phenoxy) is 1. The minimum atomic E-state index is 0.794. The number of fused-ring (bicyclic) bond motifs is 5. The summed E-state index contributed by atoms with van der Waals surface area (Å²) in [7, 11) is 0. The van der Waals surface area contributed by atoms with Crippen LogP contribution in [-0.4, -0.2) is 9.55 Å². The average molecular weight is 615 g/mol. The van der Waals surface area contributed by atoms with Crippen LogP contribution in [0.15, 0.2) is 182 Å². The molecular formula is C45H30N2O. The first kappa shape index (κ1) is 27.8. The van der Waals surface area contributed by atoms with Crippen molar-refractivity contribution in [3.63, 3.8) is 0 Å². The molecule has 9 rings (SSSR count). The summed E-state index contributed by atoms with van der Waals surface area (Å²) in [5, 5.41) is 4.58. The Morgan fingerprint density at radius 1 is 0.458 bits per heavy atom. The van der Waals surface area contributed by atoms with Gasteiger partial charge in [-0.25, -0.2) is 4.98 Å². The van der Waals surface area contributed by atoms with Gasteiger partial charge in [-0.1, -0.05) is 127 Å². The fraction of sp³-hybridized carbons (Fsp3) is 0. The molecule has 0 radical (unpaired) electrons. The highest BCUT2D eigenvalue weighted by Crippen LogP contribution is 2.46. The summed E-state index contributed by atoms with van der Waals surface area (Å²) in [6.45, 7) is 0. The van der Waals surface area contributed by atoms with E-state index >= 15 is 0 Å². The lowest BCUT2D eigenvalue weighted by Crippen LogP contribution is -1.98. The van der Waals surface area contributed by atoms with E-state index < -0.39 is 0 Å². The van der Waals surface area contributed by atoms with Gasteiger partial charge in [0.2, 0.25) is 0 Å². The molecule has 2 aromatic heterocycles. The SMILES string of the molecule is c1ccc(Oc2ccc(-c3cc(-c4ccccc4)cc(-c4ccccc4)n3)c3c2c2c4ccccc4ccc2n3-c2ccccc2)cc1. The van der Waals surface area contributed by atoms with E-state index in [1.165, 1.54) is 10.8 Å². The molecule has 3 heteroatoms. The van der Waals surface area contributed by atoms with E-state index in [1.807, 2.05) is 36.4 Å². The molecule has 0 saturated carbocycles. The lowest BCUT2D eigenvalue weighted by molar-refractivity contribution is 0.489. The van der Waals surface area contributed by atoms with Crippen LogP contribution < -0.4 is 4.74 Å². The summed E-state index contributed by atoms with van der Waals surface area (Å²) in [5.41, 5.74) is 9.44. The number of pyridine rings is 1. The fourth-order valence-corrected chi connectivity index (χ4v) is 6.85. The van der Waals surface area contributed by atoms with Crippen LogP contribution in [0.1, 0.15) is 0 Å². The van der Waals surface area contributed by atoms with Crippen LogP contribution in [0.4, 0.5) is 0 Å². The van der Waals surface area contributed by atoms with Crippen LogP contribution in [-0.2, 0) is 0 Å². The molecule has 0 spiro atoms. The molecular weight excluding hydrogens is 585 g/mol. The predicted octanol–water partition coefficient (Wildman–Crippen LogP) is 12.1. The van der Waals surface area contributed by atoms with E-state index in [4.69, 9.17) is 9.72 Å². The van der Waals surface area contributed by atoms with Crippen molar-refractivity contribution in [1.82, 2.24) is 9.55 Å². The second-order valence-electron chi connectivity index (χ2n) is 12.0. The molecule has 9 aromatic rings. The molecule has 0 atom stereocenters. The van der Waals surface area contributed by atoms with Gasteiger partial charge in [-0.05, 0) is 76.5 Å². The molecule has 0 amide bonds. The summed E-state index contributed by atoms with van der Waals surface area (Å²) in [4.78, 5) is 5.38. The Labute approximate surface area is 279 Å². The Kier molecular flexibility index (Phi) is 6.80. The molecule has 0 fully saturated rings. The Balaban J connectivity index is 1.43. The van der Waals surface area contributed by atoms with Crippen LogP contribution in [0.25, 0.3) is 71.9 Å². The number of benzene rings is 7. The topological polar surface area (TPSA) is 27.1 Å². The molecule has 0 saturated heterocycles. The average Bonchev–Trinajstić information content (AvgIpc) is 3.52. The maximum absolute atomic E-state index is 6.74. The second kappa shape index (κ2) is 11.7. The van der Waals surface area contributed by atoms with Gasteiger partial charge in [-0.15, -0.1) is 0 Å². The van der Waals surface area contributed by atoms with Crippen LogP contribution in [0, 0.1) is 0 Å². The van der Waals surface area contributed by atoms with Crippen LogP contribution in [0.3, 0.4) is 0 Å². The fourth-order valence-electron chi connectivity index (χ4n) is 6.85. The number of nitrogens with zero attached hydrogens (tertiary/aromatic N) is 2. The van der Waals surface area contributed by atoms with Gasteiger partial charge in [0.25, 0.3) is 0 Å². The minimum Gasteiger partial charge on any atom is -0.457 e. The zero-order chi connectivity index (χ0) is 31.9. The van der Waals surface area contributed by atoms with E-state index in [-0.39, 0.29) is 0 Å². The lowest BCUT2D eigenvalue weighted by atomic mass is 9.98. The van der Waals surface area contributed by atoms with E-state index in [0.717, 1.165) is 72.6 Å². The molecule has 0 aliphatic carbocycles. The molecule has 48 heavy (non-hydrogen) atoms. The third-order valence-corrected chi connectivity index (χ3v) is 9.02. The van der Waals surface area contributed by atoms with Gasteiger partial charge >= 0.3 is 0 Å². The maximum Gasteiger partial charge on any atom is 0.137 e. The molecule has 7 aromatic carbocycles. The highest BCUT2D eigenvalue weighted by Gasteiger charge is 2.23. The third kappa shape index (κ3) is 4.81. The molecule has 0 unspecified atom stereocenters. The predicted molar refractivity (Wildman–Crippen MR) is 199 cm³/mol. The standard InChI is InChI=1S/C45H30N2O/c1-5-15-31(16-6-1)34-29-39(33-18-7-2-8-19-33)46-40(30-34)38-26-28-42(48-36-22-11-4-12-23-36)44-43-37-24-14-13-17-32(37)25-27-41(43)47(45(38)44)35-20-9-3-10-21-35/h1-30H. The lowest BCUT2D eigenvalue weighted by Gasteiger charge is -2.15. The monoisotopic (exact) mass is 614 g/mol. The van der Waals surface area contributed by atoms with Gasteiger partial charge in [0.15, 0.2) is 0 Å². The van der Waals surface area contributed by atoms with Gasteiger partial charge in [0, 0.05) is 22.2 Å². The first-order chi connectivity index (χ1) is 23.8. The summed E-state index contributed by atoms with van der Waals surface area (Å²) in [6, 6.07) is 63.4. The number of rotatable bonds is 6. The highest BCUT2D eigenvalue weighted by molar-refractivity contribution is 6.25. The van der Waals surface area contributed by atoms with E-state index in [1.54, 1.807) is 0 Å². The highest BCUT2D eigenvalue weighted by atomic mass is 16.5. The quantitative estimate of drug-likeness (QED) is 0.186. The number of hydrogen-bond donors (Lipinski definition) is 0. The third-order valence-electron chi connectivity index (χ3n) is 9.02. The molecule has 3 nitrogen and oxygen atoms in total. The van der Waals surface area contributed by atoms with Gasteiger partial charge in [-0.3, -0.25) is 0 Å². The second-order valence-corrected chi connectivity index (χ2v) is 12.0. The van der Waals surface area contributed by atoms with Gasteiger partial charge in [0.05, 0.1) is 27.8 Å². The molecule has 226 valence electrons. The first-order valence-corrected chi connectivity index (χ1v) is 16.2. The van der Waals surface area contributed by atoms with Crippen molar-refractivity contribution in [3.05, 3.63) is 182 Å². The Morgan fingerprint density at radius 2 is 1.08 bits per heavy atom. The van der Waals surface area contributed by atoms with Crippen molar-refractivity contribution in [2.24, 2.45) is 0 Å². The molecule has 0 N–H and O–H groups in total. The number of aromatic nitrogens is 2. The summed E-state index contributed by atoms with van der Waals surface area (Å²) in [6.07, 6.45) is 0. The molecule has 0 bridgehead atoms. The zero-order valence-electron chi connectivity index (χ0n) is 26.1. The summed E-state index contributed by atoms with van der Waals surface area (Å²) in [5.74, 6) is 1.60. The van der Waals surface area contributed by atoms with Crippen LogP contribution in [0.2, 0.25) is 0 Å². The van der Waals surface area contributed by atoms with Crippen molar-refractivity contribution in [1.29, 1.82) is 0 Å². The van der Waals surface area contributed by atoms with Crippen molar-refractivity contribution in [2.75, 3.05) is 0 Å². The smallest absolute Gasteiger partial charge is 0.137 e. The summed E-state index contributed by atoms with van der Waals surface area (Å²) < 4.78 is 9.12. The largest absolute Gasteiger partial charge is 0.457 e. The van der Waals surface area contributed by atoms with Crippen molar-refractivity contribution < 1.29 is 4.74 Å². The van der Waals surface area contributed by atoms with Gasteiger partial charge in [-0.2, -0.15) is 0 Å². The van der Waals surface area contributed by atoms with Crippen molar-refractivity contribution in [3.8, 4) is 50.8 Å². The Hall–Kier alpha value is -6.45.